The Morgan fingerprint density at radius 1 is 1.47 bits per heavy atom. The summed E-state index contributed by atoms with van der Waals surface area (Å²) in [5.74, 6) is 0. The second kappa shape index (κ2) is 6.96. The Labute approximate surface area is 97.1 Å². The molecule has 0 aromatic carbocycles. The summed E-state index contributed by atoms with van der Waals surface area (Å²) in [6.07, 6.45) is 4.91. The Morgan fingerprint density at radius 2 is 2.27 bits per heavy atom. The normalized spacial score (nSPS) is 13.0. The van der Waals surface area contributed by atoms with Gasteiger partial charge in [-0.15, -0.1) is 11.3 Å². The Bertz CT molecular complexity index is 270. The number of hydrogen-bond acceptors (Lipinski definition) is 3. The first-order chi connectivity index (χ1) is 7.27. The van der Waals surface area contributed by atoms with Crippen molar-refractivity contribution in [2.45, 2.75) is 52.5 Å². The summed E-state index contributed by atoms with van der Waals surface area (Å²) >= 11 is 1.77. The number of aromatic nitrogens is 1. The average molecular weight is 226 g/mol. The Morgan fingerprint density at radius 3 is 2.80 bits per heavy atom. The molecule has 3 heteroatoms. The van der Waals surface area contributed by atoms with Crippen molar-refractivity contribution >= 4 is 11.3 Å². The summed E-state index contributed by atoms with van der Waals surface area (Å²) in [6.45, 7) is 7.68. The van der Waals surface area contributed by atoms with Gasteiger partial charge in [-0.05, 0) is 26.2 Å². The van der Waals surface area contributed by atoms with Crippen LogP contribution in [0.15, 0.2) is 5.51 Å². The van der Waals surface area contributed by atoms with Gasteiger partial charge in [0.05, 0.1) is 11.2 Å². The van der Waals surface area contributed by atoms with Crippen LogP contribution in [0.2, 0.25) is 0 Å². The quantitative estimate of drug-likeness (QED) is 0.772. The summed E-state index contributed by atoms with van der Waals surface area (Å²) < 4.78 is 0. The van der Waals surface area contributed by atoms with Crippen molar-refractivity contribution in [2.75, 3.05) is 6.54 Å². The van der Waals surface area contributed by atoms with E-state index in [4.69, 9.17) is 0 Å². The third-order valence-electron chi connectivity index (χ3n) is 2.76. The molecule has 0 radical (unpaired) electrons. The average Bonchev–Trinajstić information content (AvgIpc) is 2.63. The van der Waals surface area contributed by atoms with Crippen LogP contribution in [0, 0.1) is 6.92 Å². The number of hydrogen-bond donors (Lipinski definition) is 1. The predicted molar refractivity (Wildman–Crippen MR) is 67.5 cm³/mol. The Kier molecular flexibility index (Phi) is 5.88. The molecule has 1 aromatic rings. The lowest BCUT2D eigenvalue weighted by atomic mass is 10.1. The van der Waals surface area contributed by atoms with Gasteiger partial charge in [0, 0.05) is 17.5 Å². The Balaban J connectivity index is 2.23. The smallest absolute Gasteiger partial charge is 0.0797 e. The fourth-order valence-corrected chi connectivity index (χ4v) is 2.54. The number of rotatable bonds is 7. The van der Waals surface area contributed by atoms with E-state index in [1.807, 2.05) is 5.51 Å². The van der Waals surface area contributed by atoms with E-state index in [-0.39, 0.29) is 0 Å². The van der Waals surface area contributed by atoms with E-state index in [2.05, 4.69) is 31.1 Å². The van der Waals surface area contributed by atoms with Crippen LogP contribution in [0.3, 0.4) is 0 Å². The molecular weight excluding hydrogens is 204 g/mol. The first kappa shape index (κ1) is 12.7. The molecule has 1 heterocycles. The predicted octanol–water partition coefficient (Wildman–Crippen LogP) is 3.16. The van der Waals surface area contributed by atoms with Crippen LogP contribution < -0.4 is 5.32 Å². The standard InChI is InChI=1S/C12H22N2S/c1-4-6-11(5-2)13-8-7-12-10(3)14-9-15-12/h9,11,13H,4-8H2,1-3H3. The maximum Gasteiger partial charge on any atom is 0.0797 e. The van der Waals surface area contributed by atoms with Crippen molar-refractivity contribution in [3.05, 3.63) is 16.1 Å². The van der Waals surface area contributed by atoms with Crippen molar-refractivity contribution in [3.8, 4) is 0 Å². The molecule has 0 amide bonds. The molecule has 1 N–H and O–H groups in total. The van der Waals surface area contributed by atoms with Crippen LogP contribution >= 0.6 is 11.3 Å². The van der Waals surface area contributed by atoms with Gasteiger partial charge in [0.25, 0.3) is 0 Å². The number of nitrogens with one attached hydrogen (secondary N) is 1. The molecule has 0 aliphatic carbocycles. The first-order valence-electron chi connectivity index (χ1n) is 5.90. The summed E-state index contributed by atoms with van der Waals surface area (Å²) in [4.78, 5) is 5.69. The maximum absolute atomic E-state index is 4.26. The number of aryl methyl sites for hydroxylation is 1. The molecular formula is C12H22N2S. The molecule has 2 nitrogen and oxygen atoms in total. The van der Waals surface area contributed by atoms with Crippen molar-refractivity contribution in [2.24, 2.45) is 0 Å². The molecule has 0 spiro atoms. The first-order valence-corrected chi connectivity index (χ1v) is 6.78. The lowest BCUT2D eigenvalue weighted by molar-refractivity contribution is 0.467. The zero-order valence-electron chi connectivity index (χ0n) is 10.0. The van der Waals surface area contributed by atoms with Gasteiger partial charge in [0.15, 0.2) is 0 Å². The van der Waals surface area contributed by atoms with Gasteiger partial charge < -0.3 is 5.32 Å². The highest BCUT2D eigenvalue weighted by Crippen LogP contribution is 2.12. The lowest BCUT2D eigenvalue weighted by Gasteiger charge is -2.15. The highest BCUT2D eigenvalue weighted by Gasteiger charge is 2.05. The molecule has 0 aliphatic rings. The van der Waals surface area contributed by atoms with Crippen molar-refractivity contribution in [3.63, 3.8) is 0 Å². The zero-order valence-corrected chi connectivity index (χ0v) is 10.9. The minimum Gasteiger partial charge on any atom is -0.314 e. The third kappa shape index (κ3) is 4.31. The molecule has 1 rings (SSSR count). The molecule has 0 bridgehead atoms. The fraction of sp³-hybridized carbons (Fsp3) is 0.750. The Hall–Kier alpha value is -0.410. The number of nitrogens with zero attached hydrogens (tertiary/aromatic N) is 1. The van der Waals surface area contributed by atoms with Gasteiger partial charge in [-0.2, -0.15) is 0 Å². The van der Waals surface area contributed by atoms with Crippen LogP contribution in [0.25, 0.3) is 0 Å². The van der Waals surface area contributed by atoms with E-state index in [9.17, 15) is 0 Å². The monoisotopic (exact) mass is 226 g/mol. The van der Waals surface area contributed by atoms with Gasteiger partial charge in [-0.25, -0.2) is 4.98 Å². The molecule has 0 fully saturated rings. The molecule has 0 saturated heterocycles. The van der Waals surface area contributed by atoms with E-state index < -0.39 is 0 Å². The van der Waals surface area contributed by atoms with Crippen LogP contribution in [-0.2, 0) is 6.42 Å². The largest absolute Gasteiger partial charge is 0.314 e. The highest BCUT2D eigenvalue weighted by atomic mass is 32.1. The lowest BCUT2D eigenvalue weighted by Crippen LogP contribution is -2.30. The second-order valence-corrected chi connectivity index (χ2v) is 4.90. The van der Waals surface area contributed by atoms with Crippen molar-refractivity contribution < 1.29 is 0 Å². The molecule has 86 valence electrons. The van der Waals surface area contributed by atoms with E-state index >= 15 is 0 Å². The summed E-state index contributed by atoms with van der Waals surface area (Å²) in [6, 6.07) is 0.697. The molecule has 0 saturated carbocycles. The summed E-state index contributed by atoms with van der Waals surface area (Å²) in [5.41, 5.74) is 3.14. The topological polar surface area (TPSA) is 24.9 Å². The van der Waals surface area contributed by atoms with Crippen LogP contribution in [0.5, 0.6) is 0 Å². The highest BCUT2D eigenvalue weighted by molar-refractivity contribution is 7.09. The van der Waals surface area contributed by atoms with Gasteiger partial charge in [-0.1, -0.05) is 20.3 Å². The van der Waals surface area contributed by atoms with E-state index in [1.54, 1.807) is 11.3 Å². The van der Waals surface area contributed by atoms with Crippen molar-refractivity contribution in [1.82, 2.24) is 10.3 Å². The van der Waals surface area contributed by atoms with Gasteiger partial charge in [0.1, 0.15) is 0 Å². The molecule has 15 heavy (non-hydrogen) atoms. The molecule has 1 atom stereocenters. The SMILES string of the molecule is CCCC(CC)NCCc1scnc1C. The molecule has 1 unspecified atom stereocenters. The second-order valence-electron chi connectivity index (χ2n) is 3.96. The van der Waals surface area contributed by atoms with E-state index in [0.717, 1.165) is 13.0 Å². The summed E-state index contributed by atoms with van der Waals surface area (Å²) in [5, 5.41) is 3.61. The fourth-order valence-electron chi connectivity index (χ4n) is 1.75. The van der Waals surface area contributed by atoms with Crippen LogP contribution in [0.4, 0.5) is 0 Å². The zero-order chi connectivity index (χ0) is 11.1. The minimum atomic E-state index is 0.697. The van der Waals surface area contributed by atoms with Gasteiger partial charge in [-0.3, -0.25) is 0 Å². The number of thiazole rings is 1. The maximum atomic E-state index is 4.26. The van der Waals surface area contributed by atoms with E-state index in [1.165, 1.54) is 29.8 Å². The molecule has 1 aromatic heterocycles. The van der Waals surface area contributed by atoms with E-state index in [0.29, 0.717) is 6.04 Å². The molecule has 0 aliphatic heterocycles. The van der Waals surface area contributed by atoms with Gasteiger partial charge in [0.2, 0.25) is 0 Å². The van der Waals surface area contributed by atoms with Crippen LogP contribution in [-0.4, -0.2) is 17.6 Å². The van der Waals surface area contributed by atoms with Crippen LogP contribution in [0.1, 0.15) is 43.7 Å². The van der Waals surface area contributed by atoms with Crippen molar-refractivity contribution in [1.29, 1.82) is 0 Å². The van der Waals surface area contributed by atoms with Gasteiger partial charge >= 0.3 is 0 Å². The summed E-state index contributed by atoms with van der Waals surface area (Å²) in [7, 11) is 0. The third-order valence-corrected chi connectivity index (χ3v) is 3.75. The minimum absolute atomic E-state index is 0.697.